The zero-order chi connectivity index (χ0) is 9.26. The SMILES string of the molecule is CCC1CNc2ccc(F)cc2O1. The summed E-state index contributed by atoms with van der Waals surface area (Å²) in [4.78, 5) is 0. The van der Waals surface area contributed by atoms with Crippen molar-refractivity contribution in [3.05, 3.63) is 24.0 Å². The summed E-state index contributed by atoms with van der Waals surface area (Å²) in [5.74, 6) is 0.371. The van der Waals surface area contributed by atoms with Crippen molar-refractivity contribution in [2.75, 3.05) is 11.9 Å². The minimum absolute atomic E-state index is 0.161. The molecule has 1 atom stereocenters. The molecule has 3 heteroatoms. The van der Waals surface area contributed by atoms with Crippen LogP contribution in [-0.2, 0) is 0 Å². The molecular weight excluding hydrogens is 169 g/mol. The van der Waals surface area contributed by atoms with Crippen LogP contribution in [0.5, 0.6) is 5.75 Å². The Morgan fingerprint density at radius 3 is 3.23 bits per heavy atom. The summed E-state index contributed by atoms with van der Waals surface area (Å²) >= 11 is 0. The first-order chi connectivity index (χ1) is 6.29. The Morgan fingerprint density at radius 2 is 2.46 bits per heavy atom. The molecule has 0 saturated carbocycles. The maximum absolute atomic E-state index is 12.8. The van der Waals surface area contributed by atoms with Gasteiger partial charge in [0.1, 0.15) is 17.7 Å². The van der Waals surface area contributed by atoms with E-state index in [1.54, 1.807) is 6.07 Å². The van der Waals surface area contributed by atoms with Gasteiger partial charge in [-0.05, 0) is 18.6 Å². The second-order valence-electron chi connectivity index (χ2n) is 3.17. The van der Waals surface area contributed by atoms with Crippen molar-refractivity contribution >= 4 is 5.69 Å². The Kier molecular flexibility index (Phi) is 2.08. The van der Waals surface area contributed by atoms with E-state index in [1.165, 1.54) is 12.1 Å². The van der Waals surface area contributed by atoms with Gasteiger partial charge in [0, 0.05) is 6.07 Å². The molecule has 1 aliphatic rings. The van der Waals surface area contributed by atoms with Crippen LogP contribution in [0.4, 0.5) is 10.1 Å². The molecule has 0 amide bonds. The van der Waals surface area contributed by atoms with Gasteiger partial charge in [-0.1, -0.05) is 6.92 Å². The quantitative estimate of drug-likeness (QED) is 0.718. The third kappa shape index (κ3) is 1.59. The molecule has 1 aliphatic heterocycles. The number of rotatable bonds is 1. The van der Waals surface area contributed by atoms with E-state index in [2.05, 4.69) is 12.2 Å². The Bertz CT molecular complexity index is 314. The third-order valence-electron chi connectivity index (χ3n) is 2.21. The highest BCUT2D eigenvalue weighted by Crippen LogP contribution is 2.29. The van der Waals surface area contributed by atoms with E-state index in [0.717, 1.165) is 18.7 Å². The highest BCUT2D eigenvalue weighted by molar-refractivity contribution is 5.57. The van der Waals surface area contributed by atoms with E-state index in [0.29, 0.717) is 5.75 Å². The molecule has 1 aromatic rings. The van der Waals surface area contributed by atoms with Crippen LogP contribution in [0.25, 0.3) is 0 Å². The van der Waals surface area contributed by atoms with Gasteiger partial charge in [0.15, 0.2) is 0 Å². The average molecular weight is 181 g/mol. The Labute approximate surface area is 76.7 Å². The van der Waals surface area contributed by atoms with Gasteiger partial charge in [0.2, 0.25) is 0 Å². The fraction of sp³-hybridized carbons (Fsp3) is 0.400. The first-order valence-electron chi connectivity index (χ1n) is 4.49. The molecule has 2 rings (SSSR count). The predicted molar refractivity (Wildman–Crippen MR) is 49.6 cm³/mol. The first-order valence-corrected chi connectivity index (χ1v) is 4.49. The molecule has 1 unspecified atom stereocenters. The van der Waals surface area contributed by atoms with Crippen LogP contribution in [-0.4, -0.2) is 12.6 Å². The van der Waals surface area contributed by atoms with Crippen molar-refractivity contribution in [3.63, 3.8) is 0 Å². The van der Waals surface area contributed by atoms with Crippen molar-refractivity contribution in [2.24, 2.45) is 0 Å². The summed E-state index contributed by atoms with van der Waals surface area (Å²) in [6.45, 7) is 2.85. The lowest BCUT2D eigenvalue weighted by Crippen LogP contribution is -2.29. The number of hydrogen-bond acceptors (Lipinski definition) is 2. The average Bonchev–Trinajstić information content (AvgIpc) is 2.16. The summed E-state index contributed by atoms with van der Waals surface area (Å²) in [5, 5.41) is 3.20. The van der Waals surface area contributed by atoms with Gasteiger partial charge >= 0.3 is 0 Å². The van der Waals surface area contributed by atoms with E-state index in [4.69, 9.17) is 4.74 Å². The van der Waals surface area contributed by atoms with E-state index in [9.17, 15) is 4.39 Å². The van der Waals surface area contributed by atoms with Gasteiger partial charge in [0.05, 0.1) is 12.2 Å². The third-order valence-corrected chi connectivity index (χ3v) is 2.21. The standard InChI is InChI=1S/C10H12FNO/c1-2-8-6-12-9-4-3-7(11)5-10(9)13-8/h3-5,8,12H,2,6H2,1H3. The molecule has 1 aromatic carbocycles. The number of nitrogens with one attached hydrogen (secondary N) is 1. The molecule has 13 heavy (non-hydrogen) atoms. The summed E-state index contributed by atoms with van der Waals surface area (Å²) in [7, 11) is 0. The second-order valence-corrected chi connectivity index (χ2v) is 3.17. The lowest BCUT2D eigenvalue weighted by molar-refractivity contribution is 0.201. The number of benzene rings is 1. The van der Waals surface area contributed by atoms with Gasteiger partial charge < -0.3 is 10.1 Å². The van der Waals surface area contributed by atoms with Crippen molar-refractivity contribution in [1.82, 2.24) is 0 Å². The molecule has 70 valence electrons. The van der Waals surface area contributed by atoms with Crippen molar-refractivity contribution in [3.8, 4) is 5.75 Å². The highest BCUT2D eigenvalue weighted by atomic mass is 19.1. The minimum atomic E-state index is -0.252. The normalized spacial score (nSPS) is 20.0. The molecule has 0 aromatic heterocycles. The largest absolute Gasteiger partial charge is 0.486 e. The zero-order valence-electron chi connectivity index (χ0n) is 7.51. The molecular formula is C10H12FNO. The second kappa shape index (κ2) is 3.24. The zero-order valence-corrected chi connectivity index (χ0v) is 7.51. The summed E-state index contributed by atoms with van der Waals surface area (Å²) in [6.07, 6.45) is 1.09. The van der Waals surface area contributed by atoms with Gasteiger partial charge in [-0.3, -0.25) is 0 Å². The van der Waals surface area contributed by atoms with Crippen LogP contribution in [0, 0.1) is 5.82 Å². The fourth-order valence-electron chi connectivity index (χ4n) is 1.41. The summed E-state index contributed by atoms with van der Waals surface area (Å²) in [6, 6.07) is 4.56. The predicted octanol–water partition coefficient (Wildman–Crippen LogP) is 2.41. The number of ether oxygens (including phenoxy) is 1. The minimum Gasteiger partial charge on any atom is -0.486 e. The monoisotopic (exact) mass is 181 g/mol. The Hall–Kier alpha value is -1.25. The molecule has 0 saturated heterocycles. The van der Waals surface area contributed by atoms with Gasteiger partial charge in [-0.25, -0.2) is 4.39 Å². The first kappa shape index (κ1) is 8.35. The molecule has 0 aliphatic carbocycles. The van der Waals surface area contributed by atoms with Crippen LogP contribution in [0.3, 0.4) is 0 Å². The van der Waals surface area contributed by atoms with Crippen LogP contribution in [0.15, 0.2) is 18.2 Å². The Morgan fingerprint density at radius 1 is 1.62 bits per heavy atom. The fourth-order valence-corrected chi connectivity index (χ4v) is 1.41. The van der Waals surface area contributed by atoms with Crippen LogP contribution in [0.2, 0.25) is 0 Å². The van der Waals surface area contributed by atoms with E-state index in [-0.39, 0.29) is 11.9 Å². The summed E-state index contributed by atoms with van der Waals surface area (Å²) < 4.78 is 18.4. The highest BCUT2D eigenvalue weighted by Gasteiger charge is 2.17. The molecule has 0 spiro atoms. The Balaban J connectivity index is 2.27. The number of halogens is 1. The smallest absolute Gasteiger partial charge is 0.145 e. The van der Waals surface area contributed by atoms with Gasteiger partial charge in [-0.2, -0.15) is 0 Å². The van der Waals surface area contributed by atoms with E-state index < -0.39 is 0 Å². The molecule has 1 heterocycles. The maximum Gasteiger partial charge on any atom is 0.145 e. The van der Waals surface area contributed by atoms with Crippen molar-refractivity contribution < 1.29 is 9.13 Å². The molecule has 0 fully saturated rings. The van der Waals surface area contributed by atoms with Crippen molar-refractivity contribution in [1.29, 1.82) is 0 Å². The van der Waals surface area contributed by atoms with Crippen LogP contribution >= 0.6 is 0 Å². The molecule has 0 radical (unpaired) electrons. The number of anilines is 1. The van der Waals surface area contributed by atoms with Crippen molar-refractivity contribution in [2.45, 2.75) is 19.4 Å². The molecule has 1 N–H and O–H groups in total. The number of fused-ring (bicyclic) bond motifs is 1. The van der Waals surface area contributed by atoms with E-state index in [1.807, 2.05) is 0 Å². The van der Waals surface area contributed by atoms with Crippen LogP contribution < -0.4 is 10.1 Å². The molecule has 2 nitrogen and oxygen atoms in total. The lowest BCUT2D eigenvalue weighted by atomic mass is 10.2. The maximum atomic E-state index is 12.8. The molecule has 0 bridgehead atoms. The van der Waals surface area contributed by atoms with E-state index >= 15 is 0 Å². The summed E-state index contributed by atoms with van der Waals surface area (Å²) in [5.41, 5.74) is 0.881. The van der Waals surface area contributed by atoms with Gasteiger partial charge in [-0.15, -0.1) is 0 Å². The lowest BCUT2D eigenvalue weighted by Gasteiger charge is -2.26. The van der Waals surface area contributed by atoms with Gasteiger partial charge in [0.25, 0.3) is 0 Å². The topological polar surface area (TPSA) is 21.3 Å². The van der Waals surface area contributed by atoms with Crippen LogP contribution in [0.1, 0.15) is 13.3 Å². The number of hydrogen-bond donors (Lipinski definition) is 1.